The van der Waals surface area contributed by atoms with Crippen LogP contribution in [-0.2, 0) is 35.2 Å². The third kappa shape index (κ3) is 15.5. The molecule has 0 aliphatic carbocycles. The lowest BCUT2D eigenvalue weighted by molar-refractivity contribution is -0.144. The van der Waals surface area contributed by atoms with Crippen molar-refractivity contribution in [3.8, 4) is 33.8 Å². The summed E-state index contributed by atoms with van der Waals surface area (Å²) in [6, 6.07) is 15.0. The van der Waals surface area contributed by atoms with E-state index in [1.165, 1.54) is 18.2 Å². The molecule has 2 aliphatic rings. The lowest BCUT2D eigenvalue weighted by Gasteiger charge is -2.35. The summed E-state index contributed by atoms with van der Waals surface area (Å²) in [7, 11) is 3.05. The summed E-state index contributed by atoms with van der Waals surface area (Å²) in [4.78, 5) is 69.0. The van der Waals surface area contributed by atoms with Crippen LogP contribution in [0.25, 0.3) is 21.3 Å². The second-order valence-corrected chi connectivity index (χ2v) is 21.5. The largest absolute Gasteiger partial charge is 0.495 e. The molecule has 0 radical (unpaired) electrons. The summed E-state index contributed by atoms with van der Waals surface area (Å²) in [5.74, 6) is 0.216. The van der Waals surface area contributed by atoms with E-state index >= 15 is 0 Å². The fourth-order valence-electron chi connectivity index (χ4n) is 9.12. The first-order valence-corrected chi connectivity index (χ1v) is 27.2. The number of nitrogens with one attached hydrogen (secondary N) is 3. The molecule has 3 atom stereocenters. The molecule has 0 saturated carbocycles. The molecule has 22 heteroatoms. The number of nitrogens with zero attached hydrogens (tertiary/aromatic N) is 6. The van der Waals surface area contributed by atoms with Gasteiger partial charge in [-0.15, -0.1) is 11.3 Å². The molecule has 2 aromatic heterocycles. The first kappa shape index (κ1) is 58.4. The first-order chi connectivity index (χ1) is 37.0. The van der Waals surface area contributed by atoms with Gasteiger partial charge in [-0.25, -0.2) is 4.98 Å². The van der Waals surface area contributed by atoms with Crippen molar-refractivity contribution in [1.82, 2.24) is 35.3 Å². The number of nitriles is 1. The van der Waals surface area contributed by atoms with E-state index in [4.69, 9.17) is 46.9 Å². The van der Waals surface area contributed by atoms with Crippen molar-refractivity contribution in [2.45, 2.75) is 78.1 Å². The molecule has 2 fully saturated rings. The molecular formula is C55H67Cl2N9O10S. The summed E-state index contributed by atoms with van der Waals surface area (Å²) in [6.07, 6.45) is 1.66. The topological polar surface area (TPSA) is 230 Å². The average Bonchev–Trinajstić information content (AvgIpc) is 4.04. The van der Waals surface area contributed by atoms with Crippen LogP contribution in [0.5, 0.6) is 17.2 Å². The minimum atomic E-state index is -0.955. The van der Waals surface area contributed by atoms with Crippen molar-refractivity contribution in [3.63, 3.8) is 0 Å². The average molecular weight is 1120 g/mol. The molecule has 7 rings (SSSR count). The highest BCUT2D eigenvalue weighted by Crippen LogP contribution is 2.41. The van der Waals surface area contributed by atoms with E-state index in [9.17, 15) is 29.5 Å². The Hall–Kier alpha value is -6.31. The number of rotatable bonds is 24. The van der Waals surface area contributed by atoms with E-state index in [0.29, 0.717) is 74.8 Å². The van der Waals surface area contributed by atoms with Crippen molar-refractivity contribution in [1.29, 1.82) is 5.26 Å². The zero-order valence-corrected chi connectivity index (χ0v) is 46.6. The standard InChI is InChI=1S/C55H67Cl2N9O10S/c1-34-51(77-33-61-34)36-10-8-35(9-11-36)30-60-53(70)44-24-38(67)32-66(44)54(71)52(55(2,3)4)63-48(68)12-20-74-22-23-75-21-13-49(69)65-17-15-64(16-18-65)14-7-19-76-47-27-42-39(25-46(47)73-6)50(37(29-58)31-59-42)62-43-28-45(72-5)41(57)26-40(43)56/h8-11,25-28,31,33,38,44,52,67H,7,12-24,30,32H2,1-6H3,(H,59,62)(H,60,70)(H,63,68)/t38-,44+,52-/m1/s1. The molecule has 77 heavy (non-hydrogen) atoms. The Kier molecular flexibility index (Phi) is 20.7. The second kappa shape index (κ2) is 27.3. The Labute approximate surface area is 463 Å². The highest BCUT2D eigenvalue weighted by atomic mass is 35.5. The van der Waals surface area contributed by atoms with Crippen LogP contribution in [-0.4, -0.2) is 158 Å². The van der Waals surface area contributed by atoms with Crippen LogP contribution in [0.2, 0.25) is 10.0 Å². The molecule has 4 N–H and O–H groups in total. The Morgan fingerprint density at radius 3 is 2.27 bits per heavy atom. The van der Waals surface area contributed by atoms with Crippen molar-refractivity contribution in [2.75, 3.05) is 91.8 Å². The molecule has 412 valence electrons. The van der Waals surface area contributed by atoms with Gasteiger partial charge < -0.3 is 54.5 Å². The number of carbonyl (C=O) groups is 4. The zero-order valence-electron chi connectivity index (χ0n) is 44.3. The summed E-state index contributed by atoms with van der Waals surface area (Å²) < 4.78 is 28.6. The maximum atomic E-state index is 14.0. The van der Waals surface area contributed by atoms with Gasteiger partial charge in [0.05, 0.1) is 108 Å². The van der Waals surface area contributed by atoms with E-state index in [-0.39, 0.29) is 76.5 Å². The zero-order chi connectivity index (χ0) is 55.2. The number of β-amino-alcohol motifs (C(OH)–C–C–N with tert-alkyl or cyclic N) is 1. The predicted octanol–water partition coefficient (Wildman–Crippen LogP) is 7.14. The molecule has 4 amide bonds. The third-order valence-corrected chi connectivity index (χ3v) is 15.0. The number of pyridine rings is 1. The van der Waals surface area contributed by atoms with Crippen LogP contribution in [0.4, 0.5) is 11.4 Å². The summed E-state index contributed by atoms with van der Waals surface area (Å²) in [6.45, 7) is 12.3. The number of hydrogen-bond acceptors (Lipinski definition) is 16. The van der Waals surface area contributed by atoms with Gasteiger partial charge >= 0.3 is 0 Å². The number of aryl methyl sites for hydroxylation is 1. The fraction of sp³-hybridized carbons (Fsp3) is 0.473. The van der Waals surface area contributed by atoms with Gasteiger partial charge in [-0.05, 0) is 42.0 Å². The van der Waals surface area contributed by atoms with Gasteiger partial charge in [0.25, 0.3) is 0 Å². The number of carbonyl (C=O) groups excluding carboxylic acids is 4. The van der Waals surface area contributed by atoms with Gasteiger partial charge in [0, 0.05) is 82.4 Å². The van der Waals surface area contributed by atoms with Crippen LogP contribution >= 0.6 is 34.5 Å². The van der Waals surface area contributed by atoms with Crippen LogP contribution in [0.3, 0.4) is 0 Å². The first-order valence-electron chi connectivity index (χ1n) is 25.5. The van der Waals surface area contributed by atoms with Crippen molar-refractivity contribution < 1.29 is 48.0 Å². The number of ether oxygens (including phenoxy) is 5. The molecule has 3 aromatic carbocycles. The number of halogens is 2. The van der Waals surface area contributed by atoms with Gasteiger partial charge in [-0.3, -0.25) is 29.1 Å². The summed E-state index contributed by atoms with van der Waals surface area (Å²) in [5.41, 5.74) is 5.86. The number of methoxy groups -OCH3 is 2. The van der Waals surface area contributed by atoms with Gasteiger partial charge in [0.2, 0.25) is 23.6 Å². The number of aromatic nitrogens is 2. The Bertz CT molecular complexity index is 2910. The molecule has 5 aromatic rings. The fourth-order valence-corrected chi connectivity index (χ4v) is 10.4. The third-order valence-electron chi connectivity index (χ3n) is 13.4. The Morgan fingerprint density at radius 1 is 0.896 bits per heavy atom. The summed E-state index contributed by atoms with van der Waals surface area (Å²) >= 11 is 14.3. The molecule has 19 nitrogen and oxygen atoms in total. The lowest BCUT2D eigenvalue weighted by atomic mass is 9.85. The minimum absolute atomic E-state index is 0.00663. The number of thiazole rings is 1. The van der Waals surface area contributed by atoms with Crippen LogP contribution in [0.15, 0.2) is 60.2 Å². The van der Waals surface area contributed by atoms with E-state index in [0.717, 1.165) is 47.8 Å². The van der Waals surface area contributed by atoms with E-state index in [2.05, 4.69) is 36.9 Å². The molecule has 0 bridgehead atoms. The highest BCUT2D eigenvalue weighted by molar-refractivity contribution is 7.13. The molecule has 0 unspecified atom stereocenters. The number of likely N-dealkylation sites (tertiary alicyclic amines) is 1. The van der Waals surface area contributed by atoms with Crippen LogP contribution in [0, 0.1) is 23.7 Å². The smallest absolute Gasteiger partial charge is 0.246 e. The summed E-state index contributed by atoms with van der Waals surface area (Å²) in [5, 5.41) is 30.9. The second-order valence-electron chi connectivity index (χ2n) is 19.9. The number of benzene rings is 3. The highest BCUT2D eigenvalue weighted by Gasteiger charge is 2.44. The molecule has 2 saturated heterocycles. The quantitative estimate of drug-likeness (QED) is 0.0450. The number of hydrogen-bond donors (Lipinski definition) is 4. The number of anilines is 2. The number of fused-ring (bicyclic) bond motifs is 1. The molecule has 4 heterocycles. The van der Waals surface area contributed by atoms with Crippen molar-refractivity contribution >= 4 is 80.4 Å². The number of aliphatic hydroxyl groups is 1. The number of aliphatic hydroxyl groups excluding tert-OH is 1. The number of amides is 4. The van der Waals surface area contributed by atoms with E-state index in [1.807, 2.05) is 62.4 Å². The molecule has 2 aliphatic heterocycles. The minimum Gasteiger partial charge on any atom is -0.495 e. The van der Waals surface area contributed by atoms with Crippen molar-refractivity contribution in [3.05, 3.63) is 87.1 Å². The van der Waals surface area contributed by atoms with Gasteiger partial charge in [0.15, 0.2) is 11.5 Å². The van der Waals surface area contributed by atoms with Gasteiger partial charge in [-0.1, -0.05) is 68.2 Å². The maximum absolute atomic E-state index is 14.0. The monoisotopic (exact) mass is 1120 g/mol. The molecular weight excluding hydrogens is 1050 g/mol. The van der Waals surface area contributed by atoms with Crippen LogP contribution in [0.1, 0.15) is 63.3 Å². The number of piperazine rings is 1. The SMILES string of the molecule is COc1cc(Nc2c(C#N)cnc3cc(OCCCN4CCN(C(=O)CCOCCOCCC(=O)N[C@H](C(=O)N5C[C@H](O)C[C@H]5C(=O)NCc5ccc(-c6scnc6C)cc5)C(C)(C)C)CC4)c(OC)cc23)c(Cl)cc1Cl. The lowest BCUT2D eigenvalue weighted by Crippen LogP contribution is -2.57. The Morgan fingerprint density at radius 2 is 1.61 bits per heavy atom. The van der Waals surface area contributed by atoms with Gasteiger partial charge in [0.1, 0.15) is 23.9 Å². The van der Waals surface area contributed by atoms with Crippen molar-refractivity contribution in [2.24, 2.45) is 5.41 Å². The normalized spacial score (nSPS) is 16.2. The maximum Gasteiger partial charge on any atom is 0.246 e. The van der Waals surface area contributed by atoms with Gasteiger partial charge in [-0.2, -0.15) is 5.26 Å². The van der Waals surface area contributed by atoms with E-state index in [1.54, 1.807) is 42.7 Å². The van der Waals surface area contributed by atoms with E-state index < -0.39 is 29.5 Å². The van der Waals surface area contributed by atoms with Crippen LogP contribution < -0.4 is 30.2 Å². The predicted molar refractivity (Wildman–Crippen MR) is 295 cm³/mol. The molecule has 0 spiro atoms. The Balaban J connectivity index is 0.762.